The van der Waals surface area contributed by atoms with Gasteiger partial charge in [-0.2, -0.15) is 0 Å². The summed E-state index contributed by atoms with van der Waals surface area (Å²) < 4.78 is 5.46. The van der Waals surface area contributed by atoms with Crippen molar-refractivity contribution in [3.8, 4) is 5.75 Å². The monoisotopic (exact) mass is 238 g/mol. The molecule has 0 aliphatic heterocycles. The Bertz CT molecular complexity index is 370. The Labute approximate surface area is 101 Å². The first-order valence-electron chi connectivity index (χ1n) is 5.59. The number of aliphatic hydroxyl groups excluding tert-OH is 1. The minimum atomic E-state index is -1.01. The molecule has 0 heterocycles. The molecule has 17 heavy (non-hydrogen) atoms. The van der Waals surface area contributed by atoms with E-state index in [2.05, 4.69) is 0 Å². The van der Waals surface area contributed by atoms with Crippen LogP contribution in [0.15, 0.2) is 24.3 Å². The van der Waals surface area contributed by atoms with Crippen LogP contribution in [0.4, 0.5) is 0 Å². The summed E-state index contributed by atoms with van der Waals surface area (Å²) in [7, 11) is 0. The van der Waals surface area contributed by atoms with E-state index < -0.39 is 18.0 Å². The Morgan fingerprint density at radius 1 is 1.18 bits per heavy atom. The molecule has 0 aliphatic carbocycles. The summed E-state index contributed by atoms with van der Waals surface area (Å²) in [4.78, 5) is 10.7. The third-order valence-electron chi connectivity index (χ3n) is 2.46. The van der Waals surface area contributed by atoms with E-state index in [1.54, 1.807) is 24.3 Å². The van der Waals surface area contributed by atoms with Crippen LogP contribution in [0.25, 0.3) is 0 Å². The molecular weight excluding hydrogens is 220 g/mol. The van der Waals surface area contributed by atoms with E-state index in [0.717, 1.165) is 0 Å². The highest BCUT2D eigenvalue weighted by molar-refractivity contribution is 5.70. The molecule has 2 unspecified atom stereocenters. The van der Waals surface area contributed by atoms with E-state index in [4.69, 9.17) is 9.84 Å². The molecule has 0 fully saturated rings. The molecule has 0 saturated carbocycles. The van der Waals surface area contributed by atoms with Gasteiger partial charge in [0, 0.05) is 0 Å². The maximum Gasteiger partial charge on any atom is 0.309 e. The van der Waals surface area contributed by atoms with Crippen molar-refractivity contribution < 1.29 is 19.7 Å². The molecule has 0 bridgehead atoms. The lowest BCUT2D eigenvalue weighted by Crippen LogP contribution is -2.18. The maximum atomic E-state index is 10.7. The lowest BCUT2D eigenvalue weighted by atomic mass is 9.98. The number of carboxylic acid groups (broad SMARTS) is 1. The third-order valence-corrected chi connectivity index (χ3v) is 2.46. The molecule has 2 atom stereocenters. The van der Waals surface area contributed by atoms with E-state index >= 15 is 0 Å². The molecule has 0 saturated heterocycles. The topological polar surface area (TPSA) is 66.8 Å². The number of ether oxygens (including phenoxy) is 1. The number of carboxylic acids is 1. The second kappa shape index (κ2) is 5.68. The van der Waals surface area contributed by atoms with Gasteiger partial charge in [-0.15, -0.1) is 0 Å². The number of rotatable bonds is 5. The van der Waals surface area contributed by atoms with Crippen LogP contribution >= 0.6 is 0 Å². The molecule has 94 valence electrons. The summed E-state index contributed by atoms with van der Waals surface area (Å²) in [6.07, 6.45) is -0.913. The largest absolute Gasteiger partial charge is 0.491 e. The first-order valence-corrected chi connectivity index (χ1v) is 5.59. The van der Waals surface area contributed by atoms with Gasteiger partial charge < -0.3 is 14.9 Å². The molecule has 4 nitrogen and oxygen atoms in total. The van der Waals surface area contributed by atoms with E-state index in [9.17, 15) is 9.90 Å². The molecule has 1 aromatic carbocycles. The highest BCUT2D eigenvalue weighted by atomic mass is 16.5. The number of aliphatic carboxylic acids is 1. The Hall–Kier alpha value is -1.55. The normalized spacial score (nSPS) is 14.4. The molecule has 0 spiro atoms. The van der Waals surface area contributed by atoms with Crippen molar-refractivity contribution >= 4 is 5.97 Å². The first-order chi connectivity index (χ1) is 7.91. The Kier molecular flexibility index (Phi) is 4.52. The summed E-state index contributed by atoms with van der Waals surface area (Å²) in [6, 6.07) is 6.82. The van der Waals surface area contributed by atoms with Gasteiger partial charge >= 0.3 is 5.97 Å². The van der Waals surface area contributed by atoms with Crippen molar-refractivity contribution in [1.82, 2.24) is 0 Å². The lowest BCUT2D eigenvalue weighted by molar-refractivity contribution is -0.145. The van der Waals surface area contributed by atoms with Crippen molar-refractivity contribution in [2.75, 3.05) is 0 Å². The van der Waals surface area contributed by atoms with Gasteiger partial charge in [0.2, 0.25) is 0 Å². The predicted octanol–water partition coefficient (Wildman–Crippen LogP) is 2.23. The summed E-state index contributed by atoms with van der Waals surface area (Å²) >= 11 is 0. The molecule has 0 aliphatic rings. The van der Waals surface area contributed by atoms with Crippen molar-refractivity contribution in [3.63, 3.8) is 0 Å². The zero-order valence-electron chi connectivity index (χ0n) is 10.3. The van der Waals surface area contributed by atoms with Gasteiger partial charge in [-0.3, -0.25) is 4.79 Å². The van der Waals surface area contributed by atoms with Crippen LogP contribution in [-0.4, -0.2) is 22.3 Å². The minimum Gasteiger partial charge on any atom is -0.491 e. The summed E-state index contributed by atoms with van der Waals surface area (Å²) in [5.74, 6) is -1.13. The van der Waals surface area contributed by atoms with Crippen LogP contribution in [0.5, 0.6) is 5.75 Å². The fraction of sp³-hybridized carbons (Fsp3) is 0.462. The van der Waals surface area contributed by atoms with Crippen LogP contribution < -0.4 is 4.74 Å². The van der Waals surface area contributed by atoms with E-state index in [-0.39, 0.29) is 6.10 Å². The molecule has 0 aromatic heterocycles. The van der Waals surface area contributed by atoms with Gasteiger partial charge in [-0.05, 0) is 38.5 Å². The second-order valence-corrected chi connectivity index (χ2v) is 4.31. The molecule has 0 amide bonds. The van der Waals surface area contributed by atoms with Crippen LogP contribution in [-0.2, 0) is 4.79 Å². The van der Waals surface area contributed by atoms with Crippen molar-refractivity contribution in [2.24, 2.45) is 5.92 Å². The zero-order valence-corrected chi connectivity index (χ0v) is 10.3. The number of aliphatic hydroxyl groups is 1. The van der Waals surface area contributed by atoms with E-state index in [1.165, 1.54) is 6.92 Å². The van der Waals surface area contributed by atoms with Gasteiger partial charge in [0.15, 0.2) is 0 Å². The molecule has 4 heteroatoms. The Morgan fingerprint density at radius 3 is 2.12 bits per heavy atom. The zero-order chi connectivity index (χ0) is 13.0. The molecule has 1 aromatic rings. The van der Waals surface area contributed by atoms with Gasteiger partial charge in [-0.25, -0.2) is 0 Å². The number of carbonyl (C=O) groups is 1. The highest BCUT2D eigenvalue weighted by Gasteiger charge is 2.22. The first kappa shape index (κ1) is 13.5. The van der Waals surface area contributed by atoms with Crippen LogP contribution in [0.3, 0.4) is 0 Å². The average Bonchev–Trinajstić information content (AvgIpc) is 2.27. The van der Waals surface area contributed by atoms with Gasteiger partial charge in [0.05, 0.1) is 18.1 Å². The Balaban J connectivity index is 2.76. The number of hydrogen-bond donors (Lipinski definition) is 2. The SMILES string of the molecule is CC(C)Oc1ccc(C(O)C(C)C(=O)O)cc1. The molecular formula is C13H18O4. The molecule has 2 N–H and O–H groups in total. The standard InChI is InChI=1S/C13H18O4/c1-8(2)17-11-6-4-10(5-7-11)12(14)9(3)13(15)16/h4-9,12,14H,1-3H3,(H,15,16). The highest BCUT2D eigenvalue weighted by Crippen LogP contribution is 2.24. The van der Waals surface area contributed by atoms with Gasteiger partial charge in [0.25, 0.3) is 0 Å². The average molecular weight is 238 g/mol. The van der Waals surface area contributed by atoms with Crippen LogP contribution in [0.1, 0.15) is 32.4 Å². The number of hydrogen-bond acceptors (Lipinski definition) is 3. The van der Waals surface area contributed by atoms with Crippen molar-refractivity contribution in [3.05, 3.63) is 29.8 Å². The summed E-state index contributed by atoms with van der Waals surface area (Å²) in [5.41, 5.74) is 0.580. The Morgan fingerprint density at radius 2 is 1.71 bits per heavy atom. The van der Waals surface area contributed by atoms with Crippen molar-refractivity contribution in [2.45, 2.75) is 33.0 Å². The summed E-state index contributed by atoms with van der Waals surface area (Å²) in [5, 5.41) is 18.6. The molecule has 1 rings (SSSR count). The van der Waals surface area contributed by atoms with E-state index in [1.807, 2.05) is 13.8 Å². The maximum absolute atomic E-state index is 10.7. The fourth-order valence-electron chi connectivity index (χ4n) is 1.44. The van der Waals surface area contributed by atoms with Crippen LogP contribution in [0.2, 0.25) is 0 Å². The van der Waals surface area contributed by atoms with Gasteiger partial charge in [-0.1, -0.05) is 12.1 Å². The van der Waals surface area contributed by atoms with Gasteiger partial charge in [0.1, 0.15) is 5.75 Å². The van der Waals surface area contributed by atoms with Crippen molar-refractivity contribution in [1.29, 1.82) is 0 Å². The minimum absolute atomic E-state index is 0.0868. The predicted molar refractivity (Wildman–Crippen MR) is 64.0 cm³/mol. The summed E-state index contributed by atoms with van der Waals surface area (Å²) in [6.45, 7) is 5.33. The lowest BCUT2D eigenvalue weighted by Gasteiger charge is -2.16. The fourth-order valence-corrected chi connectivity index (χ4v) is 1.44. The number of benzene rings is 1. The van der Waals surface area contributed by atoms with Crippen LogP contribution in [0, 0.1) is 5.92 Å². The van der Waals surface area contributed by atoms with E-state index in [0.29, 0.717) is 11.3 Å². The quantitative estimate of drug-likeness (QED) is 0.825. The molecule has 0 radical (unpaired) electrons. The third kappa shape index (κ3) is 3.75. The second-order valence-electron chi connectivity index (χ2n) is 4.31. The smallest absolute Gasteiger partial charge is 0.309 e.